The van der Waals surface area contributed by atoms with E-state index in [2.05, 4.69) is 16.8 Å². The van der Waals surface area contributed by atoms with Crippen molar-refractivity contribution in [3.05, 3.63) is 17.8 Å². The Bertz CT molecular complexity index is 425. The largest absolute Gasteiger partial charge is 0.397 e. The third-order valence-electron chi connectivity index (χ3n) is 4.86. The summed E-state index contributed by atoms with van der Waals surface area (Å²) in [6.45, 7) is 4.44. The van der Waals surface area contributed by atoms with Gasteiger partial charge in [-0.25, -0.2) is 4.98 Å². The van der Waals surface area contributed by atoms with Gasteiger partial charge < -0.3 is 10.6 Å². The summed E-state index contributed by atoms with van der Waals surface area (Å²) >= 11 is 0. The fraction of sp³-hybridized carbons (Fsp3) is 0.667. The summed E-state index contributed by atoms with van der Waals surface area (Å²) in [5, 5.41) is 0. The molecule has 2 fully saturated rings. The first kappa shape index (κ1) is 11.8. The van der Waals surface area contributed by atoms with E-state index in [0.29, 0.717) is 5.41 Å². The van der Waals surface area contributed by atoms with Crippen molar-refractivity contribution in [1.29, 1.82) is 0 Å². The predicted molar refractivity (Wildman–Crippen MR) is 75.7 cm³/mol. The van der Waals surface area contributed by atoms with E-state index in [-0.39, 0.29) is 0 Å². The Morgan fingerprint density at radius 3 is 2.44 bits per heavy atom. The first-order chi connectivity index (χ1) is 8.69. The molecular weight excluding hydrogens is 222 g/mol. The van der Waals surface area contributed by atoms with Crippen molar-refractivity contribution in [1.82, 2.24) is 4.98 Å². The van der Waals surface area contributed by atoms with Crippen LogP contribution in [0.2, 0.25) is 0 Å². The molecule has 18 heavy (non-hydrogen) atoms. The maximum Gasteiger partial charge on any atom is 0.131 e. The van der Waals surface area contributed by atoms with Crippen LogP contribution in [0.3, 0.4) is 0 Å². The third-order valence-corrected chi connectivity index (χ3v) is 4.86. The molecule has 0 amide bonds. The van der Waals surface area contributed by atoms with Gasteiger partial charge in [-0.1, -0.05) is 12.8 Å². The van der Waals surface area contributed by atoms with E-state index in [0.717, 1.165) is 24.6 Å². The highest BCUT2D eigenvalue weighted by atomic mass is 15.2. The van der Waals surface area contributed by atoms with Crippen molar-refractivity contribution < 1.29 is 0 Å². The summed E-state index contributed by atoms with van der Waals surface area (Å²) in [5.41, 5.74) is 8.42. The number of hydrogen-bond acceptors (Lipinski definition) is 3. The van der Waals surface area contributed by atoms with E-state index in [1.807, 2.05) is 6.07 Å². The average molecular weight is 245 g/mol. The molecule has 3 heteroatoms. The number of aryl methyl sites for hydroxylation is 1. The molecule has 0 unspecified atom stereocenters. The van der Waals surface area contributed by atoms with Gasteiger partial charge in [-0.05, 0) is 49.7 Å². The molecule has 3 rings (SSSR count). The molecule has 1 aliphatic carbocycles. The number of aromatic nitrogens is 1. The van der Waals surface area contributed by atoms with Crippen molar-refractivity contribution in [3.63, 3.8) is 0 Å². The summed E-state index contributed by atoms with van der Waals surface area (Å²) in [7, 11) is 0. The maximum atomic E-state index is 5.77. The maximum absolute atomic E-state index is 5.77. The molecule has 1 saturated heterocycles. The van der Waals surface area contributed by atoms with E-state index < -0.39 is 0 Å². The molecule has 2 N–H and O–H groups in total. The van der Waals surface area contributed by atoms with Crippen LogP contribution in [-0.4, -0.2) is 18.1 Å². The molecular formula is C15H23N3. The van der Waals surface area contributed by atoms with Gasteiger partial charge in [0.15, 0.2) is 0 Å². The Balaban J connectivity index is 1.72. The molecule has 0 radical (unpaired) electrons. The van der Waals surface area contributed by atoms with E-state index in [1.54, 1.807) is 6.20 Å². The van der Waals surface area contributed by atoms with E-state index in [4.69, 9.17) is 5.73 Å². The zero-order chi connectivity index (χ0) is 12.6. The van der Waals surface area contributed by atoms with Gasteiger partial charge in [-0.3, -0.25) is 0 Å². The minimum Gasteiger partial charge on any atom is -0.397 e. The molecule has 1 aromatic rings. The second-order valence-corrected chi connectivity index (χ2v) is 6.10. The Morgan fingerprint density at radius 1 is 1.17 bits per heavy atom. The molecule has 2 heterocycles. The van der Waals surface area contributed by atoms with Crippen molar-refractivity contribution in [2.24, 2.45) is 5.41 Å². The monoisotopic (exact) mass is 245 g/mol. The molecule has 0 atom stereocenters. The number of piperidine rings is 1. The standard InChI is InChI=1S/C15H23N3/c1-12-10-13(16)11-17-14(12)18-8-6-15(7-9-18)4-2-3-5-15/h10-11H,2-9,16H2,1H3. The SMILES string of the molecule is Cc1cc(N)cnc1N1CCC2(CCCC2)CC1. The minimum absolute atomic E-state index is 0.679. The van der Waals surface area contributed by atoms with Crippen LogP contribution in [0.25, 0.3) is 0 Å². The topological polar surface area (TPSA) is 42.1 Å². The van der Waals surface area contributed by atoms with Crippen LogP contribution >= 0.6 is 0 Å². The lowest BCUT2D eigenvalue weighted by Crippen LogP contribution is -2.39. The highest BCUT2D eigenvalue weighted by molar-refractivity contribution is 5.52. The summed E-state index contributed by atoms with van der Waals surface area (Å²) < 4.78 is 0. The van der Waals surface area contributed by atoms with Gasteiger partial charge in [-0.15, -0.1) is 0 Å². The first-order valence-corrected chi connectivity index (χ1v) is 7.16. The van der Waals surface area contributed by atoms with Crippen molar-refractivity contribution in [2.75, 3.05) is 23.7 Å². The Labute approximate surface area is 109 Å². The van der Waals surface area contributed by atoms with E-state index in [1.165, 1.54) is 44.1 Å². The van der Waals surface area contributed by atoms with Crippen molar-refractivity contribution in [3.8, 4) is 0 Å². The lowest BCUT2D eigenvalue weighted by atomic mass is 9.77. The van der Waals surface area contributed by atoms with Crippen molar-refractivity contribution >= 4 is 11.5 Å². The third kappa shape index (κ3) is 2.06. The van der Waals surface area contributed by atoms with Gasteiger partial charge >= 0.3 is 0 Å². The van der Waals surface area contributed by atoms with Crippen LogP contribution in [-0.2, 0) is 0 Å². The lowest BCUT2D eigenvalue weighted by molar-refractivity contribution is 0.226. The van der Waals surface area contributed by atoms with Gasteiger partial charge in [0.05, 0.1) is 11.9 Å². The normalized spacial score (nSPS) is 22.6. The van der Waals surface area contributed by atoms with Crippen LogP contribution in [0.5, 0.6) is 0 Å². The van der Waals surface area contributed by atoms with Gasteiger partial charge in [0.1, 0.15) is 5.82 Å². The molecule has 1 saturated carbocycles. The second kappa shape index (κ2) is 4.45. The van der Waals surface area contributed by atoms with Crippen LogP contribution in [0.4, 0.5) is 11.5 Å². The number of anilines is 2. The zero-order valence-electron chi connectivity index (χ0n) is 11.3. The molecule has 1 aliphatic heterocycles. The van der Waals surface area contributed by atoms with Crippen LogP contribution in [0.15, 0.2) is 12.3 Å². The van der Waals surface area contributed by atoms with E-state index >= 15 is 0 Å². The molecule has 1 spiro atoms. The fourth-order valence-electron chi connectivity index (χ4n) is 3.74. The quantitative estimate of drug-likeness (QED) is 0.826. The lowest BCUT2D eigenvalue weighted by Gasteiger charge is -2.40. The zero-order valence-corrected chi connectivity index (χ0v) is 11.3. The van der Waals surface area contributed by atoms with Crippen LogP contribution in [0, 0.1) is 12.3 Å². The van der Waals surface area contributed by atoms with Gasteiger partial charge in [-0.2, -0.15) is 0 Å². The van der Waals surface area contributed by atoms with E-state index in [9.17, 15) is 0 Å². The smallest absolute Gasteiger partial charge is 0.131 e. The Morgan fingerprint density at radius 2 is 1.83 bits per heavy atom. The van der Waals surface area contributed by atoms with Crippen molar-refractivity contribution in [2.45, 2.75) is 45.4 Å². The number of hydrogen-bond donors (Lipinski definition) is 1. The summed E-state index contributed by atoms with van der Waals surface area (Å²) in [4.78, 5) is 6.96. The number of nitrogens with zero attached hydrogens (tertiary/aromatic N) is 2. The molecule has 1 aromatic heterocycles. The van der Waals surface area contributed by atoms with Crippen LogP contribution in [0.1, 0.15) is 44.1 Å². The minimum atomic E-state index is 0.679. The molecule has 0 bridgehead atoms. The Hall–Kier alpha value is -1.25. The average Bonchev–Trinajstić information content (AvgIpc) is 2.80. The molecule has 98 valence electrons. The van der Waals surface area contributed by atoms with Gasteiger partial charge in [0.25, 0.3) is 0 Å². The van der Waals surface area contributed by atoms with Gasteiger partial charge in [0.2, 0.25) is 0 Å². The molecule has 0 aromatic carbocycles. The molecule has 3 nitrogen and oxygen atoms in total. The number of rotatable bonds is 1. The predicted octanol–water partition coefficient (Wildman–Crippen LogP) is 3.13. The van der Waals surface area contributed by atoms with Crippen LogP contribution < -0.4 is 10.6 Å². The number of nitrogen functional groups attached to an aromatic ring is 1. The molecule has 2 aliphatic rings. The fourth-order valence-corrected chi connectivity index (χ4v) is 3.74. The Kier molecular flexibility index (Phi) is 2.92. The second-order valence-electron chi connectivity index (χ2n) is 6.10. The number of pyridine rings is 1. The number of nitrogens with two attached hydrogens (primary N) is 1. The summed E-state index contributed by atoms with van der Waals surface area (Å²) in [5.74, 6) is 1.14. The summed E-state index contributed by atoms with van der Waals surface area (Å²) in [6.07, 6.45) is 10.3. The highest BCUT2D eigenvalue weighted by Gasteiger charge is 2.37. The first-order valence-electron chi connectivity index (χ1n) is 7.16. The van der Waals surface area contributed by atoms with Gasteiger partial charge in [0, 0.05) is 13.1 Å². The highest BCUT2D eigenvalue weighted by Crippen LogP contribution is 2.46. The summed E-state index contributed by atoms with van der Waals surface area (Å²) in [6, 6.07) is 2.03.